The summed E-state index contributed by atoms with van der Waals surface area (Å²) in [4.78, 5) is 2.03. The molecule has 0 unspecified atom stereocenters. The van der Waals surface area contributed by atoms with Gasteiger partial charge >= 0.3 is 0 Å². The van der Waals surface area contributed by atoms with Crippen molar-refractivity contribution < 1.29 is 0 Å². The smallest absolute Gasteiger partial charge is 0.138 e. The topological polar surface area (TPSA) is 50.9 Å². The summed E-state index contributed by atoms with van der Waals surface area (Å²) in [6.45, 7) is 1.87. The molecular formula is C15H19N3. The lowest BCUT2D eigenvalue weighted by molar-refractivity contribution is 0.159. The minimum Gasteiger partial charge on any atom is -0.356 e. The maximum Gasteiger partial charge on any atom is 0.138 e. The van der Waals surface area contributed by atoms with E-state index in [2.05, 4.69) is 24.3 Å². The number of amidine groups is 1. The zero-order chi connectivity index (χ0) is 12.6. The molecule has 0 aromatic heterocycles. The third kappa shape index (κ3) is 1.84. The van der Waals surface area contributed by atoms with Gasteiger partial charge in [0.15, 0.2) is 0 Å². The molecular weight excluding hydrogens is 222 g/mol. The number of hydrogen-bond donors (Lipinski definition) is 2. The van der Waals surface area contributed by atoms with Crippen LogP contribution in [0.2, 0.25) is 0 Å². The molecule has 2 aliphatic rings. The van der Waals surface area contributed by atoms with Crippen LogP contribution in [0.5, 0.6) is 0 Å². The highest BCUT2D eigenvalue weighted by Gasteiger charge is 2.39. The van der Waals surface area contributed by atoms with Gasteiger partial charge in [-0.2, -0.15) is 0 Å². The van der Waals surface area contributed by atoms with E-state index in [1.807, 2.05) is 4.90 Å². The third-order valence-corrected chi connectivity index (χ3v) is 4.55. The molecule has 0 amide bonds. The van der Waals surface area contributed by atoms with E-state index in [0.717, 1.165) is 32.1 Å². The molecule has 0 atom stereocenters. The van der Waals surface area contributed by atoms with Crippen LogP contribution in [0.1, 0.15) is 24.0 Å². The first-order chi connectivity index (χ1) is 8.72. The van der Waals surface area contributed by atoms with E-state index in [1.165, 1.54) is 24.0 Å². The van der Waals surface area contributed by atoms with E-state index >= 15 is 0 Å². The van der Waals surface area contributed by atoms with Crippen molar-refractivity contribution in [1.82, 2.24) is 4.90 Å². The van der Waals surface area contributed by atoms with E-state index in [0.29, 0.717) is 11.3 Å². The van der Waals surface area contributed by atoms with Crippen molar-refractivity contribution in [3.05, 3.63) is 35.4 Å². The van der Waals surface area contributed by atoms with E-state index < -0.39 is 0 Å². The van der Waals surface area contributed by atoms with Gasteiger partial charge < -0.3 is 10.3 Å². The molecule has 0 radical (unpaired) electrons. The Morgan fingerprint density at radius 2 is 1.67 bits per heavy atom. The molecule has 0 bridgehead atoms. The molecule has 1 aliphatic carbocycles. The van der Waals surface area contributed by atoms with E-state index in [9.17, 15) is 0 Å². The lowest BCUT2D eigenvalue weighted by Crippen LogP contribution is -2.43. The fourth-order valence-electron chi connectivity index (χ4n) is 3.44. The summed E-state index contributed by atoms with van der Waals surface area (Å²) in [5.74, 6) is 0.361. The second-order valence-corrected chi connectivity index (χ2v) is 5.64. The van der Waals surface area contributed by atoms with Crippen molar-refractivity contribution in [2.45, 2.75) is 25.7 Å². The van der Waals surface area contributed by atoms with Gasteiger partial charge in [-0.15, -0.1) is 0 Å². The zero-order valence-corrected chi connectivity index (χ0v) is 10.6. The van der Waals surface area contributed by atoms with Crippen molar-refractivity contribution in [3.63, 3.8) is 0 Å². The fraction of sp³-hybridized carbons (Fsp3) is 0.467. The van der Waals surface area contributed by atoms with Crippen LogP contribution in [0.3, 0.4) is 0 Å². The molecule has 18 heavy (non-hydrogen) atoms. The van der Waals surface area contributed by atoms with Crippen molar-refractivity contribution in [1.29, 1.82) is 10.8 Å². The van der Waals surface area contributed by atoms with Crippen LogP contribution in [0.15, 0.2) is 24.3 Å². The van der Waals surface area contributed by atoms with Gasteiger partial charge in [0.1, 0.15) is 5.84 Å². The third-order valence-electron chi connectivity index (χ3n) is 4.55. The van der Waals surface area contributed by atoms with Crippen molar-refractivity contribution in [2.75, 3.05) is 13.1 Å². The van der Waals surface area contributed by atoms with Gasteiger partial charge in [0.05, 0.1) is 6.21 Å². The summed E-state index contributed by atoms with van der Waals surface area (Å²) < 4.78 is 0. The number of hydrogen-bond acceptors (Lipinski definition) is 2. The number of benzene rings is 1. The van der Waals surface area contributed by atoms with Crippen LogP contribution in [-0.2, 0) is 12.8 Å². The average molecular weight is 241 g/mol. The maximum absolute atomic E-state index is 7.70. The summed E-state index contributed by atoms with van der Waals surface area (Å²) in [7, 11) is 0. The predicted molar refractivity (Wildman–Crippen MR) is 73.6 cm³/mol. The Hall–Kier alpha value is -1.64. The number of nitrogens with one attached hydrogen (secondary N) is 2. The predicted octanol–water partition coefficient (Wildman–Crippen LogP) is 2.49. The number of fused-ring (bicyclic) bond motifs is 1. The SMILES string of the molecule is N=CC(=N)N1CCC2(CC1)Cc1ccccc1C2. The Morgan fingerprint density at radius 1 is 1.11 bits per heavy atom. The molecule has 0 saturated carbocycles. The summed E-state index contributed by atoms with van der Waals surface area (Å²) in [5.41, 5.74) is 3.48. The lowest BCUT2D eigenvalue weighted by Gasteiger charge is -2.39. The molecule has 1 saturated heterocycles. The average Bonchev–Trinajstić information content (AvgIpc) is 2.76. The summed E-state index contributed by atoms with van der Waals surface area (Å²) in [6, 6.07) is 8.79. The van der Waals surface area contributed by atoms with E-state index in [4.69, 9.17) is 10.8 Å². The molecule has 3 nitrogen and oxygen atoms in total. The first-order valence-corrected chi connectivity index (χ1v) is 6.63. The Bertz CT molecular complexity index is 457. The van der Waals surface area contributed by atoms with Crippen molar-refractivity contribution in [2.24, 2.45) is 5.41 Å². The highest BCUT2D eigenvalue weighted by Crippen LogP contribution is 2.44. The molecule has 1 aliphatic heterocycles. The Balaban J connectivity index is 1.71. The Kier molecular flexibility index (Phi) is 2.69. The largest absolute Gasteiger partial charge is 0.356 e. The quantitative estimate of drug-likeness (QED) is 0.576. The Morgan fingerprint density at radius 3 is 2.17 bits per heavy atom. The van der Waals surface area contributed by atoms with E-state index in [1.54, 1.807) is 0 Å². The van der Waals surface area contributed by atoms with Crippen LogP contribution in [-0.4, -0.2) is 30.0 Å². The highest BCUT2D eigenvalue weighted by atomic mass is 15.2. The Labute approximate surface area is 108 Å². The number of likely N-dealkylation sites (tertiary alicyclic amines) is 1. The molecule has 3 rings (SSSR count). The van der Waals surface area contributed by atoms with Gasteiger partial charge in [0.2, 0.25) is 0 Å². The molecule has 3 heteroatoms. The van der Waals surface area contributed by atoms with Crippen LogP contribution in [0.4, 0.5) is 0 Å². The summed E-state index contributed by atoms with van der Waals surface area (Å²) in [5, 5.41) is 14.9. The van der Waals surface area contributed by atoms with Gasteiger partial charge in [-0.25, -0.2) is 0 Å². The minimum atomic E-state index is 0.361. The van der Waals surface area contributed by atoms with Crippen LogP contribution in [0.25, 0.3) is 0 Å². The summed E-state index contributed by atoms with van der Waals surface area (Å²) in [6.07, 6.45) is 5.86. The molecule has 1 fully saturated rings. The zero-order valence-electron chi connectivity index (χ0n) is 10.6. The van der Waals surface area contributed by atoms with Gasteiger partial charge in [0, 0.05) is 13.1 Å². The van der Waals surface area contributed by atoms with Gasteiger partial charge in [-0.05, 0) is 42.2 Å². The first kappa shape index (κ1) is 11.5. The maximum atomic E-state index is 7.70. The molecule has 1 aromatic carbocycles. The molecule has 2 N–H and O–H groups in total. The van der Waals surface area contributed by atoms with Crippen LogP contribution >= 0.6 is 0 Å². The van der Waals surface area contributed by atoms with Crippen molar-refractivity contribution >= 4 is 12.1 Å². The second-order valence-electron chi connectivity index (χ2n) is 5.64. The van der Waals surface area contributed by atoms with E-state index in [-0.39, 0.29) is 0 Å². The van der Waals surface area contributed by atoms with Crippen LogP contribution < -0.4 is 0 Å². The van der Waals surface area contributed by atoms with Gasteiger partial charge in [0.25, 0.3) is 0 Å². The standard InChI is InChI=1S/C15H19N3/c16-11-14(17)18-7-5-15(6-8-18)9-12-3-1-2-4-13(12)10-15/h1-4,11,16-17H,5-10H2. The first-order valence-electron chi connectivity index (χ1n) is 6.63. The molecule has 1 heterocycles. The lowest BCUT2D eigenvalue weighted by atomic mass is 9.76. The minimum absolute atomic E-state index is 0.361. The normalized spacial score (nSPS) is 20.8. The van der Waals surface area contributed by atoms with Crippen molar-refractivity contribution in [3.8, 4) is 0 Å². The number of rotatable bonds is 1. The van der Waals surface area contributed by atoms with Gasteiger partial charge in [-0.3, -0.25) is 5.41 Å². The fourth-order valence-corrected chi connectivity index (χ4v) is 3.44. The summed E-state index contributed by atoms with van der Waals surface area (Å²) >= 11 is 0. The number of piperidine rings is 1. The number of nitrogens with zero attached hydrogens (tertiary/aromatic N) is 1. The molecule has 1 spiro atoms. The van der Waals surface area contributed by atoms with Crippen LogP contribution in [0, 0.1) is 16.2 Å². The second kappa shape index (κ2) is 4.23. The highest BCUT2D eigenvalue weighted by molar-refractivity contribution is 6.26. The monoisotopic (exact) mass is 241 g/mol. The molecule has 1 aromatic rings. The van der Waals surface area contributed by atoms with Gasteiger partial charge in [-0.1, -0.05) is 24.3 Å². The molecule has 94 valence electrons.